The molecule has 0 bridgehead atoms. The van der Waals surface area contributed by atoms with Crippen LogP contribution in [0.4, 0.5) is 0 Å². The van der Waals surface area contributed by atoms with Gasteiger partial charge in [-0.25, -0.2) is 0 Å². The number of hydrogen-bond acceptors (Lipinski definition) is 2. The van der Waals surface area contributed by atoms with Crippen molar-refractivity contribution in [1.29, 1.82) is 0 Å². The number of nitrogens with one attached hydrogen (secondary N) is 2. The van der Waals surface area contributed by atoms with E-state index >= 15 is 0 Å². The first kappa shape index (κ1) is 15.0. The highest BCUT2D eigenvalue weighted by molar-refractivity contribution is 5.88. The molecule has 0 aliphatic carbocycles. The summed E-state index contributed by atoms with van der Waals surface area (Å²) in [5.74, 6) is -0.0250. The zero-order valence-electron chi connectivity index (χ0n) is 11.6. The lowest BCUT2D eigenvalue weighted by Gasteiger charge is -2.24. The van der Waals surface area contributed by atoms with Crippen LogP contribution in [0, 0.1) is 0 Å². The molecule has 0 aromatic carbocycles. The van der Waals surface area contributed by atoms with Gasteiger partial charge in [-0.15, -0.1) is 0 Å². The van der Waals surface area contributed by atoms with Gasteiger partial charge in [-0.05, 0) is 26.2 Å². The first-order valence-electron chi connectivity index (χ1n) is 7.23. The Hall–Kier alpha value is -1.06. The molecule has 0 aromatic rings. The Balaban J connectivity index is 2.19. The summed E-state index contributed by atoms with van der Waals surface area (Å²) in [6.07, 6.45) is 8.04. The molecule has 1 aliphatic rings. The summed E-state index contributed by atoms with van der Waals surface area (Å²) < 4.78 is 0. The van der Waals surface area contributed by atoms with Crippen molar-refractivity contribution in [1.82, 2.24) is 10.6 Å². The van der Waals surface area contributed by atoms with E-state index in [1.807, 2.05) is 6.92 Å². The maximum absolute atomic E-state index is 11.9. The van der Waals surface area contributed by atoms with E-state index in [1.54, 1.807) is 0 Å². The first-order chi connectivity index (χ1) is 8.63. The molecule has 18 heavy (non-hydrogen) atoms. The molecule has 2 N–H and O–H groups in total. The van der Waals surface area contributed by atoms with Gasteiger partial charge in [-0.2, -0.15) is 0 Å². The lowest BCUT2D eigenvalue weighted by Crippen LogP contribution is -2.50. The van der Waals surface area contributed by atoms with E-state index in [0.717, 1.165) is 25.7 Å². The van der Waals surface area contributed by atoms with Gasteiger partial charge in [0.1, 0.15) is 6.04 Å². The Morgan fingerprint density at radius 2 is 2.22 bits per heavy atom. The Kier molecular flexibility index (Phi) is 6.76. The van der Waals surface area contributed by atoms with E-state index in [2.05, 4.69) is 17.6 Å². The SMILES string of the molecule is CCCCCC[C@@H](C)NC(=O)[C@@H]1CCCC(=O)N1. The van der Waals surface area contributed by atoms with Gasteiger partial charge in [0.2, 0.25) is 11.8 Å². The zero-order valence-corrected chi connectivity index (χ0v) is 11.6. The van der Waals surface area contributed by atoms with E-state index < -0.39 is 0 Å². The van der Waals surface area contributed by atoms with E-state index in [1.165, 1.54) is 19.3 Å². The third-order valence-electron chi connectivity index (χ3n) is 3.43. The van der Waals surface area contributed by atoms with Crippen LogP contribution in [-0.2, 0) is 9.59 Å². The molecule has 104 valence electrons. The monoisotopic (exact) mass is 254 g/mol. The molecule has 1 fully saturated rings. The maximum atomic E-state index is 11.9. The molecule has 0 unspecified atom stereocenters. The number of piperidine rings is 1. The number of amides is 2. The van der Waals surface area contributed by atoms with Gasteiger partial charge in [0, 0.05) is 12.5 Å². The molecule has 2 atom stereocenters. The number of rotatable bonds is 7. The van der Waals surface area contributed by atoms with E-state index in [-0.39, 0.29) is 23.9 Å². The van der Waals surface area contributed by atoms with Crippen LogP contribution in [0.15, 0.2) is 0 Å². The Labute approximate surface area is 110 Å². The smallest absolute Gasteiger partial charge is 0.242 e. The third-order valence-corrected chi connectivity index (χ3v) is 3.43. The summed E-state index contributed by atoms with van der Waals surface area (Å²) >= 11 is 0. The van der Waals surface area contributed by atoms with Crippen molar-refractivity contribution in [3.05, 3.63) is 0 Å². The highest BCUT2D eigenvalue weighted by atomic mass is 16.2. The highest BCUT2D eigenvalue weighted by Gasteiger charge is 2.25. The fourth-order valence-corrected chi connectivity index (χ4v) is 2.29. The van der Waals surface area contributed by atoms with Crippen molar-refractivity contribution < 1.29 is 9.59 Å². The minimum atomic E-state index is -0.315. The summed E-state index contributed by atoms with van der Waals surface area (Å²) in [5, 5.41) is 5.74. The van der Waals surface area contributed by atoms with Crippen molar-refractivity contribution in [2.24, 2.45) is 0 Å². The van der Waals surface area contributed by atoms with Crippen LogP contribution < -0.4 is 10.6 Å². The van der Waals surface area contributed by atoms with Crippen LogP contribution in [0.2, 0.25) is 0 Å². The summed E-state index contributed by atoms with van der Waals surface area (Å²) in [4.78, 5) is 23.1. The fourth-order valence-electron chi connectivity index (χ4n) is 2.29. The molecule has 1 saturated heterocycles. The van der Waals surface area contributed by atoms with Gasteiger partial charge in [-0.3, -0.25) is 9.59 Å². The average Bonchev–Trinajstić information content (AvgIpc) is 2.34. The van der Waals surface area contributed by atoms with Crippen molar-refractivity contribution in [3.8, 4) is 0 Å². The second-order valence-corrected chi connectivity index (χ2v) is 5.27. The topological polar surface area (TPSA) is 58.2 Å². The van der Waals surface area contributed by atoms with Crippen LogP contribution in [0.25, 0.3) is 0 Å². The zero-order chi connectivity index (χ0) is 13.4. The molecule has 0 saturated carbocycles. The summed E-state index contributed by atoms with van der Waals surface area (Å²) in [6, 6.07) is -0.113. The molecule has 1 rings (SSSR count). The second kappa shape index (κ2) is 8.11. The van der Waals surface area contributed by atoms with Gasteiger partial charge in [0.05, 0.1) is 0 Å². The van der Waals surface area contributed by atoms with Crippen LogP contribution in [0.3, 0.4) is 0 Å². The van der Waals surface area contributed by atoms with E-state index in [4.69, 9.17) is 0 Å². The number of carbonyl (C=O) groups excluding carboxylic acids is 2. The molecular weight excluding hydrogens is 228 g/mol. The van der Waals surface area contributed by atoms with Crippen LogP contribution in [0.1, 0.15) is 65.2 Å². The quantitative estimate of drug-likeness (QED) is 0.684. The predicted octanol–water partition coefficient (Wildman–Crippen LogP) is 2.13. The number of unbranched alkanes of at least 4 members (excludes halogenated alkanes) is 3. The first-order valence-corrected chi connectivity index (χ1v) is 7.23. The molecule has 1 aliphatic heterocycles. The molecule has 0 radical (unpaired) electrons. The van der Waals surface area contributed by atoms with Crippen molar-refractivity contribution in [3.63, 3.8) is 0 Å². The van der Waals surface area contributed by atoms with Gasteiger partial charge >= 0.3 is 0 Å². The largest absolute Gasteiger partial charge is 0.352 e. The van der Waals surface area contributed by atoms with Crippen molar-refractivity contribution in [2.75, 3.05) is 0 Å². The molecule has 1 heterocycles. The summed E-state index contributed by atoms with van der Waals surface area (Å²) in [6.45, 7) is 4.23. The second-order valence-electron chi connectivity index (χ2n) is 5.27. The molecule has 0 spiro atoms. The van der Waals surface area contributed by atoms with Gasteiger partial charge < -0.3 is 10.6 Å². The fraction of sp³-hybridized carbons (Fsp3) is 0.857. The Morgan fingerprint density at radius 1 is 1.44 bits per heavy atom. The molecule has 4 nitrogen and oxygen atoms in total. The predicted molar refractivity (Wildman–Crippen MR) is 72.1 cm³/mol. The lowest BCUT2D eigenvalue weighted by atomic mass is 10.0. The Bertz CT molecular complexity index is 279. The minimum Gasteiger partial charge on any atom is -0.352 e. The standard InChI is InChI=1S/C14H26N2O2/c1-3-4-5-6-8-11(2)15-14(18)12-9-7-10-13(17)16-12/h11-12H,3-10H2,1-2H3,(H,15,18)(H,16,17)/t11-,12+/m1/s1. The average molecular weight is 254 g/mol. The number of carbonyl (C=O) groups is 2. The molecule has 4 heteroatoms. The van der Waals surface area contributed by atoms with E-state index in [9.17, 15) is 9.59 Å². The molecule has 0 aromatic heterocycles. The van der Waals surface area contributed by atoms with Crippen LogP contribution >= 0.6 is 0 Å². The maximum Gasteiger partial charge on any atom is 0.242 e. The van der Waals surface area contributed by atoms with E-state index in [0.29, 0.717) is 6.42 Å². The molecule has 2 amide bonds. The van der Waals surface area contributed by atoms with Crippen LogP contribution in [-0.4, -0.2) is 23.9 Å². The van der Waals surface area contributed by atoms with Crippen molar-refractivity contribution in [2.45, 2.75) is 77.3 Å². The lowest BCUT2D eigenvalue weighted by molar-refractivity contribution is -0.131. The van der Waals surface area contributed by atoms with Gasteiger partial charge in [-0.1, -0.05) is 32.6 Å². The van der Waals surface area contributed by atoms with Crippen LogP contribution in [0.5, 0.6) is 0 Å². The summed E-state index contributed by atoms with van der Waals surface area (Å²) in [5.41, 5.74) is 0. The molecular formula is C14H26N2O2. The third kappa shape index (κ3) is 5.52. The summed E-state index contributed by atoms with van der Waals surface area (Å²) in [7, 11) is 0. The minimum absolute atomic E-state index is 0.00278. The van der Waals surface area contributed by atoms with Gasteiger partial charge in [0.15, 0.2) is 0 Å². The number of hydrogen-bond donors (Lipinski definition) is 2. The van der Waals surface area contributed by atoms with Gasteiger partial charge in [0.25, 0.3) is 0 Å². The van der Waals surface area contributed by atoms with Crippen molar-refractivity contribution >= 4 is 11.8 Å². The Morgan fingerprint density at radius 3 is 2.89 bits per heavy atom. The highest BCUT2D eigenvalue weighted by Crippen LogP contribution is 2.09. The normalized spacial score (nSPS) is 21.2.